The number of thiazole rings is 1. The van der Waals surface area contributed by atoms with Gasteiger partial charge in [0.1, 0.15) is 5.01 Å². The molecule has 1 saturated heterocycles. The van der Waals surface area contributed by atoms with Crippen LogP contribution in [-0.2, 0) is 13.1 Å². The van der Waals surface area contributed by atoms with Crippen molar-refractivity contribution in [1.29, 1.82) is 0 Å². The predicted molar refractivity (Wildman–Crippen MR) is 77.7 cm³/mol. The summed E-state index contributed by atoms with van der Waals surface area (Å²) in [6.07, 6.45) is 1.34. The summed E-state index contributed by atoms with van der Waals surface area (Å²) in [6, 6.07) is 0. The number of nitrogens with one attached hydrogen (secondary N) is 1. The third-order valence-corrected chi connectivity index (χ3v) is 4.22. The smallest absolute Gasteiger partial charge is 0.107 e. The van der Waals surface area contributed by atoms with Gasteiger partial charge >= 0.3 is 0 Å². The highest BCUT2D eigenvalue weighted by Crippen LogP contribution is 2.19. The molecule has 0 radical (unpaired) electrons. The third-order valence-electron chi connectivity index (χ3n) is 3.32. The van der Waals surface area contributed by atoms with E-state index in [2.05, 4.69) is 36.4 Å². The van der Waals surface area contributed by atoms with Crippen LogP contribution in [0.2, 0.25) is 0 Å². The van der Waals surface area contributed by atoms with Gasteiger partial charge in [0.25, 0.3) is 0 Å². The van der Waals surface area contributed by atoms with Crippen molar-refractivity contribution in [2.45, 2.75) is 40.3 Å². The predicted octanol–water partition coefficient (Wildman–Crippen LogP) is 2.73. The van der Waals surface area contributed by atoms with Crippen LogP contribution in [0.4, 0.5) is 0 Å². The van der Waals surface area contributed by atoms with Crippen molar-refractivity contribution in [2.75, 3.05) is 19.6 Å². The van der Waals surface area contributed by atoms with Gasteiger partial charge in [0.15, 0.2) is 0 Å². The Morgan fingerprint density at radius 1 is 1.56 bits per heavy atom. The SMILES string of the molecule is CC(C)CNCc1nc(CN2CCC(C)C2)cs1. The van der Waals surface area contributed by atoms with Crippen molar-refractivity contribution in [3.63, 3.8) is 0 Å². The topological polar surface area (TPSA) is 28.2 Å². The van der Waals surface area contributed by atoms with E-state index in [1.54, 1.807) is 11.3 Å². The Balaban J connectivity index is 1.75. The maximum atomic E-state index is 4.71. The largest absolute Gasteiger partial charge is 0.310 e. The monoisotopic (exact) mass is 267 g/mol. The highest BCUT2D eigenvalue weighted by atomic mass is 32.1. The van der Waals surface area contributed by atoms with Gasteiger partial charge in [-0.1, -0.05) is 20.8 Å². The number of nitrogens with zero attached hydrogens (tertiary/aromatic N) is 2. The van der Waals surface area contributed by atoms with Crippen LogP contribution in [0, 0.1) is 11.8 Å². The molecule has 0 amide bonds. The summed E-state index contributed by atoms with van der Waals surface area (Å²) in [5, 5.41) is 6.89. The summed E-state index contributed by atoms with van der Waals surface area (Å²) in [5.74, 6) is 1.56. The van der Waals surface area contributed by atoms with E-state index in [1.807, 2.05) is 0 Å². The molecule has 2 heterocycles. The van der Waals surface area contributed by atoms with Gasteiger partial charge in [0.05, 0.1) is 5.69 Å². The van der Waals surface area contributed by atoms with Crippen LogP contribution in [-0.4, -0.2) is 29.5 Å². The zero-order valence-electron chi connectivity index (χ0n) is 11.8. The number of aromatic nitrogens is 1. The van der Waals surface area contributed by atoms with Gasteiger partial charge in [0, 0.05) is 25.0 Å². The van der Waals surface area contributed by atoms with Crippen LogP contribution in [0.15, 0.2) is 5.38 Å². The molecule has 0 saturated carbocycles. The first-order chi connectivity index (χ1) is 8.63. The average Bonchev–Trinajstić information content (AvgIpc) is 2.89. The maximum Gasteiger partial charge on any atom is 0.107 e. The molecule has 1 unspecified atom stereocenters. The van der Waals surface area contributed by atoms with E-state index >= 15 is 0 Å². The molecule has 102 valence electrons. The zero-order chi connectivity index (χ0) is 13.0. The zero-order valence-corrected chi connectivity index (χ0v) is 12.6. The number of rotatable bonds is 6. The molecular weight excluding hydrogens is 242 g/mol. The first-order valence-corrected chi connectivity index (χ1v) is 7.88. The number of hydrogen-bond donors (Lipinski definition) is 1. The molecule has 3 nitrogen and oxygen atoms in total. The van der Waals surface area contributed by atoms with Crippen molar-refractivity contribution in [3.05, 3.63) is 16.1 Å². The normalized spacial score (nSPS) is 21.0. The van der Waals surface area contributed by atoms with E-state index in [1.165, 1.54) is 30.2 Å². The molecular formula is C14H25N3S. The first kappa shape index (κ1) is 14.0. The fourth-order valence-corrected chi connectivity index (χ4v) is 3.12. The number of likely N-dealkylation sites (tertiary alicyclic amines) is 1. The molecule has 0 aromatic carbocycles. The van der Waals surface area contributed by atoms with Crippen LogP contribution in [0.25, 0.3) is 0 Å². The molecule has 0 spiro atoms. The van der Waals surface area contributed by atoms with E-state index in [4.69, 9.17) is 4.98 Å². The maximum absolute atomic E-state index is 4.71. The summed E-state index contributed by atoms with van der Waals surface area (Å²) in [5.41, 5.74) is 1.25. The highest BCUT2D eigenvalue weighted by molar-refractivity contribution is 7.09. The molecule has 1 aromatic rings. The van der Waals surface area contributed by atoms with E-state index in [0.29, 0.717) is 5.92 Å². The van der Waals surface area contributed by atoms with Gasteiger partial charge in [-0.15, -0.1) is 11.3 Å². The lowest BCUT2D eigenvalue weighted by Gasteiger charge is -2.12. The van der Waals surface area contributed by atoms with Crippen LogP contribution < -0.4 is 5.32 Å². The lowest BCUT2D eigenvalue weighted by molar-refractivity contribution is 0.317. The van der Waals surface area contributed by atoms with E-state index < -0.39 is 0 Å². The van der Waals surface area contributed by atoms with Gasteiger partial charge in [-0.2, -0.15) is 0 Å². The van der Waals surface area contributed by atoms with E-state index in [9.17, 15) is 0 Å². The van der Waals surface area contributed by atoms with Crippen molar-refractivity contribution >= 4 is 11.3 Å². The van der Waals surface area contributed by atoms with Crippen molar-refractivity contribution in [2.24, 2.45) is 11.8 Å². The second kappa shape index (κ2) is 6.64. The Hall–Kier alpha value is -0.450. The quantitative estimate of drug-likeness (QED) is 0.859. The molecule has 1 fully saturated rings. The van der Waals surface area contributed by atoms with Crippen molar-refractivity contribution < 1.29 is 0 Å². The molecule has 1 N–H and O–H groups in total. The summed E-state index contributed by atoms with van der Waals surface area (Å²) in [6.45, 7) is 12.3. The highest BCUT2D eigenvalue weighted by Gasteiger charge is 2.19. The van der Waals surface area contributed by atoms with Crippen LogP contribution in [0.1, 0.15) is 37.9 Å². The molecule has 1 aliphatic heterocycles. The standard InChI is InChI=1S/C14H25N3S/c1-11(2)6-15-7-14-16-13(10-18-14)9-17-5-4-12(3)8-17/h10-12,15H,4-9H2,1-3H3. The van der Waals surface area contributed by atoms with E-state index in [-0.39, 0.29) is 0 Å². The Bertz CT molecular complexity index is 362. The summed E-state index contributed by atoms with van der Waals surface area (Å²) >= 11 is 1.79. The molecule has 0 bridgehead atoms. The minimum atomic E-state index is 0.704. The van der Waals surface area contributed by atoms with Crippen LogP contribution in [0.3, 0.4) is 0 Å². The summed E-state index contributed by atoms with van der Waals surface area (Å²) in [7, 11) is 0. The second-order valence-electron chi connectivity index (χ2n) is 5.89. The Kier molecular flexibility index (Phi) is 5.15. The molecule has 1 aromatic heterocycles. The van der Waals surface area contributed by atoms with Gasteiger partial charge in [-0.3, -0.25) is 4.90 Å². The van der Waals surface area contributed by atoms with Crippen LogP contribution in [0.5, 0.6) is 0 Å². The Labute approximate surface area is 115 Å². The first-order valence-electron chi connectivity index (χ1n) is 7.00. The fraction of sp³-hybridized carbons (Fsp3) is 0.786. The summed E-state index contributed by atoms with van der Waals surface area (Å²) in [4.78, 5) is 7.23. The second-order valence-corrected chi connectivity index (χ2v) is 6.83. The lowest BCUT2D eigenvalue weighted by Crippen LogP contribution is -2.20. The minimum absolute atomic E-state index is 0.704. The van der Waals surface area contributed by atoms with Crippen LogP contribution >= 0.6 is 11.3 Å². The third kappa shape index (κ3) is 4.34. The molecule has 1 atom stereocenters. The number of hydrogen-bond acceptors (Lipinski definition) is 4. The minimum Gasteiger partial charge on any atom is -0.310 e. The van der Waals surface area contributed by atoms with Gasteiger partial charge in [0.2, 0.25) is 0 Å². The van der Waals surface area contributed by atoms with Crippen molar-refractivity contribution in [3.8, 4) is 0 Å². The van der Waals surface area contributed by atoms with Gasteiger partial charge in [-0.25, -0.2) is 4.98 Å². The lowest BCUT2D eigenvalue weighted by atomic mass is 10.2. The molecule has 4 heteroatoms. The molecule has 1 aliphatic rings. The van der Waals surface area contributed by atoms with Gasteiger partial charge < -0.3 is 5.32 Å². The average molecular weight is 267 g/mol. The summed E-state index contributed by atoms with van der Waals surface area (Å²) < 4.78 is 0. The fourth-order valence-electron chi connectivity index (χ4n) is 2.37. The molecule has 0 aliphatic carbocycles. The van der Waals surface area contributed by atoms with Crippen molar-refractivity contribution in [1.82, 2.24) is 15.2 Å². The molecule has 2 rings (SSSR count). The van der Waals surface area contributed by atoms with E-state index in [0.717, 1.165) is 25.6 Å². The molecule has 18 heavy (non-hydrogen) atoms. The Morgan fingerprint density at radius 3 is 3.06 bits per heavy atom. The van der Waals surface area contributed by atoms with Gasteiger partial charge in [-0.05, 0) is 31.3 Å². The Morgan fingerprint density at radius 2 is 2.39 bits per heavy atom.